The molecule has 0 aliphatic rings. The van der Waals surface area contributed by atoms with Crippen molar-refractivity contribution >= 4 is 35.0 Å². The van der Waals surface area contributed by atoms with Gasteiger partial charge in [-0.25, -0.2) is 4.79 Å². The summed E-state index contributed by atoms with van der Waals surface area (Å²) in [7, 11) is 0. The van der Waals surface area contributed by atoms with E-state index in [1.807, 2.05) is 0 Å². The van der Waals surface area contributed by atoms with E-state index >= 15 is 0 Å². The Morgan fingerprint density at radius 1 is 1.12 bits per heavy atom. The van der Waals surface area contributed by atoms with Crippen LogP contribution < -0.4 is 0 Å². The molecule has 0 aliphatic heterocycles. The Bertz CT molecular complexity index is 459. The van der Waals surface area contributed by atoms with E-state index in [1.54, 1.807) is 6.07 Å². The molecule has 0 saturated carbocycles. The van der Waals surface area contributed by atoms with Gasteiger partial charge in [-0.3, -0.25) is 4.79 Å². The Balaban J connectivity index is 3.16. The van der Waals surface area contributed by atoms with Crippen molar-refractivity contribution < 1.29 is 19.8 Å². The minimum atomic E-state index is -1.60. The fourth-order valence-electron chi connectivity index (χ4n) is 0.991. The van der Waals surface area contributed by atoms with Crippen molar-refractivity contribution in [3.63, 3.8) is 0 Å². The average Bonchev–Trinajstić information content (AvgIpc) is 2.16. The molecule has 0 bridgehead atoms. The molecule has 0 saturated heterocycles. The maximum atomic E-state index is 11.5. The molecule has 0 amide bonds. The molecular formula is C10H6Cl2O4. The Morgan fingerprint density at radius 3 is 2.06 bits per heavy atom. The van der Waals surface area contributed by atoms with Gasteiger partial charge in [-0.2, -0.15) is 0 Å². The van der Waals surface area contributed by atoms with E-state index in [2.05, 4.69) is 0 Å². The lowest BCUT2D eigenvalue weighted by Gasteiger charge is -2.02. The number of allylic oxidation sites excluding steroid dienone is 1. The van der Waals surface area contributed by atoms with Gasteiger partial charge in [0, 0.05) is 6.08 Å². The summed E-state index contributed by atoms with van der Waals surface area (Å²) in [6, 6.07) is 4.42. The number of carbonyl (C=O) groups excluding carboxylic acids is 1. The molecule has 1 rings (SSSR count). The lowest BCUT2D eigenvalue weighted by atomic mass is 10.1. The number of hydrogen-bond acceptors (Lipinski definition) is 3. The number of rotatable bonds is 3. The van der Waals surface area contributed by atoms with E-state index in [4.69, 9.17) is 33.4 Å². The number of hydrogen-bond donors (Lipinski definition) is 2. The summed E-state index contributed by atoms with van der Waals surface area (Å²) in [5.41, 5.74) is -0.0429. The third-order valence-corrected chi connectivity index (χ3v) is 2.33. The molecule has 0 atom stereocenters. The largest absolute Gasteiger partial charge is 0.502 e. The van der Waals surface area contributed by atoms with E-state index < -0.39 is 17.5 Å². The summed E-state index contributed by atoms with van der Waals surface area (Å²) in [6.07, 6.45) is 0.551. The molecule has 0 fully saturated rings. The molecular weight excluding hydrogens is 255 g/mol. The summed E-state index contributed by atoms with van der Waals surface area (Å²) in [5.74, 6) is -3.44. The van der Waals surface area contributed by atoms with Crippen LogP contribution in [0.3, 0.4) is 0 Å². The predicted molar refractivity (Wildman–Crippen MR) is 59.1 cm³/mol. The molecule has 4 nitrogen and oxygen atoms in total. The van der Waals surface area contributed by atoms with Gasteiger partial charge in [0.2, 0.25) is 5.76 Å². The molecule has 0 aromatic heterocycles. The second kappa shape index (κ2) is 5.01. The maximum Gasteiger partial charge on any atom is 0.371 e. The number of halogens is 2. The van der Waals surface area contributed by atoms with Crippen LogP contribution in [0.15, 0.2) is 30.0 Å². The summed E-state index contributed by atoms with van der Waals surface area (Å²) in [4.78, 5) is 21.8. The highest BCUT2D eigenvalue weighted by molar-refractivity contribution is 6.40. The van der Waals surface area contributed by atoms with E-state index in [0.29, 0.717) is 6.08 Å². The number of aliphatic carboxylic acids is 1. The molecule has 0 radical (unpaired) electrons. The average molecular weight is 261 g/mol. The standard InChI is InChI=1S/C10H6Cl2O4/c11-5-2-1-3-6(12)9(5)7(13)4-8(14)10(15)16/h1-4,14H,(H,15,16)/b8-4+. The molecule has 84 valence electrons. The lowest BCUT2D eigenvalue weighted by Crippen LogP contribution is -2.04. The molecule has 1 aromatic rings. The van der Waals surface area contributed by atoms with Gasteiger partial charge in [0.1, 0.15) is 0 Å². The Morgan fingerprint density at radius 2 is 1.62 bits per heavy atom. The van der Waals surface area contributed by atoms with Gasteiger partial charge in [-0.15, -0.1) is 0 Å². The van der Waals surface area contributed by atoms with Gasteiger partial charge < -0.3 is 10.2 Å². The van der Waals surface area contributed by atoms with Crippen molar-refractivity contribution in [2.45, 2.75) is 0 Å². The highest BCUT2D eigenvalue weighted by atomic mass is 35.5. The zero-order valence-electron chi connectivity index (χ0n) is 7.78. The van der Waals surface area contributed by atoms with E-state index in [0.717, 1.165) is 0 Å². The Hall–Kier alpha value is -1.52. The van der Waals surface area contributed by atoms with Gasteiger partial charge >= 0.3 is 5.97 Å². The first-order chi connectivity index (χ1) is 7.43. The van der Waals surface area contributed by atoms with E-state index in [1.165, 1.54) is 12.1 Å². The molecule has 16 heavy (non-hydrogen) atoms. The van der Waals surface area contributed by atoms with Crippen LogP contribution in [-0.2, 0) is 4.79 Å². The van der Waals surface area contributed by atoms with E-state index in [9.17, 15) is 9.59 Å². The van der Waals surface area contributed by atoms with Crippen LogP contribution in [-0.4, -0.2) is 22.0 Å². The zero-order valence-corrected chi connectivity index (χ0v) is 9.29. The van der Waals surface area contributed by atoms with Gasteiger partial charge in [-0.05, 0) is 12.1 Å². The molecule has 0 heterocycles. The quantitative estimate of drug-likeness (QED) is 0.498. The van der Waals surface area contributed by atoms with Crippen molar-refractivity contribution in [2.75, 3.05) is 0 Å². The van der Waals surface area contributed by atoms with Gasteiger partial charge in [0.15, 0.2) is 5.78 Å². The normalized spacial score (nSPS) is 11.2. The van der Waals surface area contributed by atoms with Gasteiger partial charge in [-0.1, -0.05) is 29.3 Å². The first-order valence-corrected chi connectivity index (χ1v) is 4.81. The van der Waals surface area contributed by atoms with Crippen LogP contribution in [0.25, 0.3) is 0 Å². The van der Waals surface area contributed by atoms with Crippen LogP contribution in [0, 0.1) is 0 Å². The molecule has 0 spiro atoms. The van der Waals surface area contributed by atoms with Crippen molar-refractivity contribution in [3.8, 4) is 0 Å². The minimum Gasteiger partial charge on any atom is -0.502 e. The first-order valence-electron chi connectivity index (χ1n) is 4.05. The fraction of sp³-hybridized carbons (Fsp3) is 0. The number of carboxylic acid groups (broad SMARTS) is 1. The van der Waals surface area contributed by atoms with Gasteiger partial charge in [0.25, 0.3) is 0 Å². The summed E-state index contributed by atoms with van der Waals surface area (Å²) in [5, 5.41) is 17.5. The van der Waals surface area contributed by atoms with Gasteiger partial charge in [0.05, 0.1) is 15.6 Å². The molecule has 1 aromatic carbocycles. The number of aliphatic hydroxyl groups is 1. The monoisotopic (exact) mass is 260 g/mol. The minimum absolute atomic E-state index is 0.0429. The highest BCUT2D eigenvalue weighted by Crippen LogP contribution is 2.25. The van der Waals surface area contributed by atoms with Crippen molar-refractivity contribution in [3.05, 3.63) is 45.6 Å². The second-order valence-corrected chi connectivity index (χ2v) is 3.61. The molecule has 6 heteroatoms. The Labute approximate surface area is 101 Å². The number of ketones is 1. The third kappa shape index (κ3) is 2.74. The van der Waals surface area contributed by atoms with Crippen LogP contribution in [0.5, 0.6) is 0 Å². The summed E-state index contributed by atoms with van der Waals surface area (Å²) < 4.78 is 0. The maximum absolute atomic E-state index is 11.5. The van der Waals surface area contributed by atoms with Crippen LogP contribution in [0.4, 0.5) is 0 Å². The van der Waals surface area contributed by atoms with Crippen molar-refractivity contribution in [1.82, 2.24) is 0 Å². The first kappa shape index (κ1) is 12.5. The number of carbonyl (C=O) groups is 2. The number of carboxylic acids is 1. The zero-order chi connectivity index (χ0) is 12.3. The highest BCUT2D eigenvalue weighted by Gasteiger charge is 2.15. The fourth-order valence-corrected chi connectivity index (χ4v) is 1.57. The lowest BCUT2D eigenvalue weighted by molar-refractivity contribution is -0.135. The molecule has 2 N–H and O–H groups in total. The SMILES string of the molecule is O=C(O)/C(O)=C\C(=O)c1c(Cl)cccc1Cl. The topological polar surface area (TPSA) is 74.6 Å². The second-order valence-electron chi connectivity index (χ2n) is 2.80. The van der Waals surface area contributed by atoms with Crippen molar-refractivity contribution in [2.24, 2.45) is 0 Å². The summed E-state index contributed by atoms with van der Waals surface area (Å²) in [6.45, 7) is 0. The van der Waals surface area contributed by atoms with Crippen LogP contribution in [0.2, 0.25) is 10.0 Å². The molecule has 0 unspecified atom stereocenters. The van der Waals surface area contributed by atoms with E-state index in [-0.39, 0.29) is 15.6 Å². The van der Waals surface area contributed by atoms with Crippen molar-refractivity contribution in [1.29, 1.82) is 0 Å². The number of aliphatic hydroxyl groups excluding tert-OH is 1. The predicted octanol–water partition coefficient (Wildman–Crippen LogP) is 2.70. The Kier molecular flexibility index (Phi) is 3.93. The van der Waals surface area contributed by atoms with Crippen LogP contribution in [0.1, 0.15) is 10.4 Å². The summed E-state index contributed by atoms with van der Waals surface area (Å²) >= 11 is 11.4. The smallest absolute Gasteiger partial charge is 0.371 e. The molecule has 0 aliphatic carbocycles. The number of benzene rings is 1. The van der Waals surface area contributed by atoms with Crippen LogP contribution >= 0.6 is 23.2 Å². The third-order valence-electron chi connectivity index (χ3n) is 1.70.